The van der Waals surface area contributed by atoms with Crippen molar-refractivity contribution in [3.05, 3.63) is 48.0 Å². The van der Waals surface area contributed by atoms with Crippen LogP contribution >= 0.6 is 12.4 Å². The highest BCUT2D eigenvalue weighted by Crippen LogP contribution is 2.38. The van der Waals surface area contributed by atoms with Gasteiger partial charge in [0.2, 0.25) is 5.91 Å². The molecule has 8 nitrogen and oxygen atoms in total. The molecule has 1 amide bonds. The molecule has 1 aliphatic carbocycles. The van der Waals surface area contributed by atoms with Crippen LogP contribution < -0.4 is 10.6 Å². The molecule has 3 N–H and O–H groups in total. The lowest BCUT2D eigenvalue weighted by Crippen LogP contribution is -2.28. The van der Waals surface area contributed by atoms with Gasteiger partial charge in [-0.1, -0.05) is 12.1 Å². The number of anilines is 1. The molecule has 1 saturated heterocycles. The maximum absolute atomic E-state index is 12.9. The number of nitrogens with one attached hydrogen (secondary N) is 3. The number of carbonyl (C=O) groups excluding carboxylic acids is 1. The molecule has 0 radical (unpaired) electrons. The van der Waals surface area contributed by atoms with E-state index in [1.54, 1.807) is 4.68 Å². The van der Waals surface area contributed by atoms with Crippen molar-refractivity contribution in [2.75, 3.05) is 18.4 Å². The Balaban J connectivity index is 0.00000205. The molecule has 29 heavy (non-hydrogen) atoms. The Morgan fingerprint density at radius 2 is 2.14 bits per heavy atom. The monoisotopic (exact) mass is 413 g/mol. The lowest BCUT2D eigenvalue weighted by Gasteiger charge is -2.17. The fourth-order valence-corrected chi connectivity index (χ4v) is 3.85. The molecule has 0 spiro atoms. The molecule has 5 rings (SSSR count). The van der Waals surface area contributed by atoms with E-state index in [4.69, 9.17) is 0 Å². The zero-order valence-corrected chi connectivity index (χ0v) is 16.9. The molecule has 1 aromatic carbocycles. The van der Waals surface area contributed by atoms with Crippen molar-refractivity contribution in [1.82, 2.24) is 30.3 Å². The van der Waals surface area contributed by atoms with Crippen LogP contribution in [0.4, 0.5) is 5.69 Å². The van der Waals surface area contributed by atoms with Gasteiger partial charge in [0.05, 0.1) is 12.1 Å². The highest BCUT2D eigenvalue weighted by molar-refractivity contribution is 5.94. The summed E-state index contributed by atoms with van der Waals surface area (Å²) in [6.07, 6.45) is 6.19. The van der Waals surface area contributed by atoms with Crippen LogP contribution in [0.3, 0.4) is 0 Å². The number of aromatic nitrogens is 5. The Morgan fingerprint density at radius 3 is 2.90 bits per heavy atom. The maximum Gasteiger partial charge on any atom is 0.229 e. The number of aromatic amines is 1. The van der Waals surface area contributed by atoms with Crippen LogP contribution in [0.2, 0.25) is 0 Å². The Bertz CT molecular complexity index is 1010. The first-order valence-corrected chi connectivity index (χ1v) is 9.70. The molecule has 1 saturated carbocycles. The summed E-state index contributed by atoms with van der Waals surface area (Å²) in [6, 6.07) is 7.71. The van der Waals surface area contributed by atoms with Crippen molar-refractivity contribution in [1.29, 1.82) is 0 Å². The highest BCUT2D eigenvalue weighted by atomic mass is 35.5. The summed E-state index contributed by atoms with van der Waals surface area (Å²) >= 11 is 0. The van der Waals surface area contributed by atoms with E-state index in [0.717, 1.165) is 29.2 Å². The van der Waals surface area contributed by atoms with Crippen molar-refractivity contribution in [2.24, 2.45) is 13.0 Å². The Morgan fingerprint density at radius 1 is 1.28 bits per heavy atom. The normalized spacial score (nSPS) is 21.0. The molecular weight excluding hydrogens is 390 g/mol. The first-order chi connectivity index (χ1) is 13.7. The van der Waals surface area contributed by atoms with Gasteiger partial charge in [-0.15, -0.1) is 12.4 Å². The minimum atomic E-state index is -0.127. The first kappa shape index (κ1) is 19.6. The van der Waals surface area contributed by atoms with Crippen LogP contribution in [-0.4, -0.2) is 44.0 Å². The number of H-pyrrole nitrogens is 1. The van der Waals surface area contributed by atoms with Gasteiger partial charge in [0.25, 0.3) is 0 Å². The zero-order valence-electron chi connectivity index (χ0n) is 16.1. The molecule has 9 heteroatoms. The summed E-state index contributed by atoms with van der Waals surface area (Å²) in [4.78, 5) is 17.5. The molecule has 3 aromatic rings. The van der Waals surface area contributed by atoms with E-state index in [9.17, 15) is 4.79 Å². The number of halogens is 1. The third-order valence-electron chi connectivity index (χ3n) is 5.56. The summed E-state index contributed by atoms with van der Waals surface area (Å²) in [6.45, 7) is 1.45. The van der Waals surface area contributed by atoms with Gasteiger partial charge in [0.1, 0.15) is 5.82 Å². The van der Waals surface area contributed by atoms with Gasteiger partial charge >= 0.3 is 0 Å². The van der Waals surface area contributed by atoms with Crippen molar-refractivity contribution in [2.45, 2.75) is 24.7 Å². The largest absolute Gasteiger partial charge is 0.326 e. The zero-order chi connectivity index (χ0) is 19.1. The van der Waals surface area contributed by atoms with Crippen LogP contribution in [0.1, 0.15) is 36.1 Å². The summed E-state index contributed by atoms with van der Waals surface area (Å²) in [5.41, 5.74) is 2.75. The Kier molecular flexibility index (Phi) is 5.38. The lowest BCUT2D eigenvalue weighted by molar-refractivity contribution is -0.119. The molecule has 2 aliphatic rings. The third kappa shape index (κ3) is 4.04. The second-order valence-electron chi connectivity index (χ2n) is 7.71. The predicted molar refractivity (Wildman–Crippen MR) is 112 cm³/mol. The Hall–Kier alpha value is -2.71. The number of benzene rings is 1. The van der Waals surface area contributed by atoms with Crippen molar-refractivity contribution >= 4 is 24.0 Å². The molecule has 152 valence electrons. The SMILES string of the molecule is Cl.Cn1cc([C@H]2CNC[C@@H]2C(=O)Nc2cccc(-c3n[nH]c(C4CC4)n3)c2)cn1. The van der Waals surface area contributed by atoms with Crippen LogP contribution in [-0.2, 0) is 11.8 Å². The predicted octanol–water partition coefficient (Wildman–Crippen LogP) is 2.45. The van der Waals surface area contributed by atoms with Gasteiger partial charge < -0.3 is 10.6 Å². The quantitative estimate of drug-likeness (QED) is 0.596. The first-order valence-electron chi connectivity index (χ1n) is 9.70. The average Bonchev–Trinajstić information content (AvgIpc) is 3.11. The molecule has 0 bridgehead atoms. The fraction of sp³-hybridized carbons (Fsp3) is 0.400. The number of rotatable bonds is 5. The highest BCUT2D eigenvalue weighted by Gasteiger charge is 2.34. The molecule has 3 heterocycles. The van der Waals surface area contributed by atoms with Gasteiger partial charge in [-0.3, -0.25) is 14.6 Å². The lowest BCUT2D eigenvalue weighted by atomic mass is 9.90. The second kappa shape index (κ2) is 7.96. The number of aryl methyl sites for hydroxylation is 1. The number of hydrogen-bond acceptors (Lipinski definition) is 5. The molecular formula is C20H24ClN7O. The fourth-order valence-electron chi connectivity index (χ4n) is 3.85. The van der Waals surface area contributed by atoms with Crippen molar-refractivity contribution in [3.8, 4) is 11.4 Å². The topological polar surface area (TPSA) is 101 Å². The third-order valence-corrected chi connectivity index (χ3v) is 5.56. The standard InChI is InChI=1S/C20H23N7O.ClH/c1-27-11-14(8-22-27)16-9-21-10-17(16)20(28)23-15-4-2-3-13(7-15)19-24-18(25-26-19)12-5-6-12;/h2-4,7-8,11-12,16-17,21H,5-6,9-10H2,1H3,(H,23,28)(H,24,25,26);1H/t16-,17+;/m1./s1. The minimum absolute atomic E-state index is 0. The Labute approximate surface area is 174 Å². The molecule has 2 atom stereocenters. The minimum Gasteiger partial charge on any atom is -0.326 e. The van der Waals surface area contributed by atoms with Crippen LogP contribution in [0.15, 0.2) is 36.7 Å². The smallest absolute Gasteiger partial charge is 0.229 e. The number of amides is 1. The second-order valence-corrected chi connectivity index (χ2v) is 7.71. The van der Waals surface area contributed by atoms with E-state index in [2.05, 4.69) is 30.9 Å². The van der Waals surface area contributed by atoms with Crippen molar-refractivity contribution < 1.29 is 4.79 Å². The number of nitrogens with zero attached hydrogens (tertiary/aromatic N) is 4. The van der Waals surface area contributed by atoms with E-state index < -0.39 is 0 Å². The van der Waals surface area contributed by atoms with E-state index in [-0.39, 0.29) is 30.2 Å². The number of hydrogen-bond donors (Lipinski definition) is 3. The van der Waals surface area contributed by atoms with E-state index in [1.807, 2.05) is 43.7 Å². The summed E-state index contributed by atoms with van der Waals surface area (Å²) in [5.74, 6) is 2.19. The summed E-state index contributed by atoms with van der Waals surface area (Å²) in [7, 11) is 1.89. The number of carbonyl (C=O) groups is 1. The molecule has 0 unspecified atom stereocenters. The van der Waals surface area contributed by atoms with Gasteiger partial charge in [0.15, 0.2) is 5.82 Å². The van der Waals surface area contributed by atoms with Crippen LogP contribution in [0.5, 0.6) is 0 Å². The van der Waals surface area contributed by atoms with E-state index in [0.29, 0.717) is 18.3 Å². The van der Waals surface area contributed by atoms with Crippen molar-refractivity contribution in [3.63, 3.8) is 0 Å². The molecule has 2 fully saturated rings. The average molecular weight is 414 g/mol. The maximum atomic E-state index is 12.9. The van der Waals surface area contributed by atoms with Gasteiger partial charge in [-0.2, -0.15) is 10.2 Å². The van der Waals surface area contributed by atoms with E-state index in [1.165, 1.54) is 12.8 Å². The summed E-state index contributed by atoms with van der Waals surface area (Å²) in [5, 5.41) is 18.0. The van der Waals surface area contributed by atoms with Gasteiger partial charge in [-0.25, -0.2) is 4.98 Å². The van der Waals surface area contributed by atoms with Crippen LogP contribution in [0.25, 0.3) is 11.4 Å². The molecule has 1 aliphatic heterocycles. The summed E-state index contributed by atoms with van der Waals surface area (Å²) < 4.78 is 1.78. The van der Waals surface area contributed by atoms with Crippen LogP contribution in [0, 0.1) is 5.92 Å². The van der Waals surface area contributed by atoms with Gasteiger partial charge in [0, 0.05) is 49.4 Å². The van der Waals surface area contributed by atoms with E-state index >= 15 is 0 Å². The van der Waals surface area contributed by atoms with Gasteiger partial charge in [-0.05, 0) is 30.5 Å². The molecule has 2 aromatic heterocycles.